The molecule has 0 radical (unpaired) electrons. The van der Waals surface area contributed by atoms with Gasteiger partial charge in [0.2, 0.25) is 0 Å². The van der Waals surface area contributed by atoms with Crippen molar-refractivity contribution in [2.24, 2.45) is 0 Å². The second-order valence-electron chi connectivity index (χ2n) is 5.59. The highest BCUT2D eigenvalue weighted by atomic mass is 16.5. The van der Waals surface area contributed by atoms with E-state index in [-0.39, 0.29) is 30.8 Å². The molecule has 120 valence electrons. The minimum atomic E-state index is -0.375. The molecular formula is C19H21NO3. The van der Waals surface area contributed by atoms with Crippen LogP contribution in [0.3, 0.4) is 0 Å². The number of carbonyl (C=O) groups is 2. The number of anilines is 1. The van der Waals surface area contributed by atoms with Crippen LogP contribution in [0.4, 0.5) is 5.69 Å². The fourth-order valence-electron chi connectivity index (χ4n) is 2.19. The first-order valence-corrected chi connectivity index (χ1v) is 7.61. The summed E-state index contributed by atoms with van der Waals surface area (Å²) in [4.78, 5) is 23.6. The monoisotopic (exact) mass is 311 g/mol. The quantitative estimate of drug-likeness (QED) is 0.828. The highest BCUT2D eigenvalue weighted by Crippen LogP contribution is 2.18. The van der Waals surface area contributed by atoms with Crippen molar-refractivity contribution < 1.29 is 14.3 Å². The number of hydrogen-bond donors (Lipinski definition) is 1. The summed E-state index contributed by atoms with van der Waals surface area (Å²) in [6.07, 6.45) is 0.252. The van der Waals surface area contributed by atoms with Gasteiger partial charge < -0.3 is 10.1 Å². The normalized spacial score (nSPS) is 11.6. The van der Waals surface area contributed by atoms with Crippen LogP contribution in [0.15, 0.2) is 54.6 Å². The average Bonchev–Trinajstić information content (AvgIpc) is 2.56. The number of nitrogens with one attached hydrogen (secondary N) is 1. The highest BCUT2D eigenvalue weighted by Gasteiger charge is 2.13. The first-order chi connectivity index (χ1) is 11.0. The van der Waals surface area contributed by atoms with E-state index >= 15 is 0 Å². The van der Waals surface area contributed by atoms with Crippen molar-refractivity contribution in [3.8, 4) is 0 Å². The van der Waals surface area contributed by atoms with Gasteiger partial charge in [-0.25, -0.2) is 0 Å². The number of hydrogen-bond acceptors (Lipinski definition) is 3. The smallest absolute Gasteiger partial charge is 0.306 e. The van der Waals surface area contributed by atoms with Crippen molar-refractivity contribution in [2.75, 3.05) is 11.9 Å². The van der Waals surface area contributed by atoms with Crippen LogP contribution in [0, 0.1) is 6.92 Å². The lowest BCUT2D eigenvalue weighted by Gasteiger charge is -2.11. The number of rotatable bonds is 6. The molecule has 0 bridgehead atoms. The molecule has 23 heavy (non-hydrogen) atoms. The lowest BCUT2D eigenvalue weighted by molar-refractivity contribution is -0.147. The topological polar surface area (TPSA) is 55.4 Å². The van der Waals surface area contributed by atoms with Crippen molar-refractivity contribution in [3.63, 3.8) is 0 Å². The lowest BCUT2D eigenvalue weighted by atomic mass is 9.98. The van der Waals surface area contributed by atoms with Gasteiger partial charge in [-0.2, -0.15) is 0 Å². The molecule has 0 saturated heterocycles. The van der Waals surface area contributed by atoms with Crippen molar-refractivity contribution in [2.45, 2.75) is 26.2 Å². The molecule has 0 fully saturated rings. The van der Waals surface area contributed by atoms with Gasteiger partial charge >= 0.3 is 5.97 Å². The third kappa shape index (κ3) is 5.58. The van der Waals surface area contributed by atoms with Crippen LogP contribution in [0.5, 0.6) is 0 Å². The van der Waals surface area contributed by atoms with E-state index in [1.807, 2.05) is 68.4 Å². The highest BCUT2D eigenvalue weighted by molar-refractivity contribution is 5.92. The molecule has 0 aliphatic rings. The third-order valence-electron chi connectivity index (χ3n) is 3.54. The van der Waals surface area contributed by atoms with E-state index in [9.17, 15) is 9.59 Å². The van der Waals surface area contributed by atoms with E-state index in [0.29, 0.717) is 5.69 Å². The van der Waals surface area contributed by atoms with E-state index in [1.165, 1.54) is 0 Å². The lowest BCUT2D eigenvalue weighted by Crippen LogP contribution is -2.21. The number of esters is 1. The Morgan fingerprint density at radius 1 is 1.04 bits per heavy atom. The molecule has 2 rings (SSSR count). The Bertz CT molecular complexity index is 650. The van der Waals surface area contributed by atoms with Crippen molar-refractivity contribution >= 4 is 17.6 Å². The van der Waals surface area contributed by atoms with Gasteiger partial charge in [0.15, 0.2) is 6.61 Å². The molecule has 0 aliphatic carbocycles. The Hall–Kier alpha value is -2.62. The predicted octanol–water partition coefficient (Wildman–Crippen LogP) is 3.67. The fraction of sp³-hybridized carbons (Fsp3) is 0.263. The SMILES string of the molecule is Cc1ccc(NC(=O)COC(=O)C[C@@H](C)c2ccccc2)cc1. The Kier molecular flexibility index (Phi) is 5.92. The van der Waals surface area contributed by atoms with E-state index in [4.69, 9.17) is 4.74 Å². The molecule has 1 N–H and O–H groups in total. The van der Waals surface area contributed by atoms with E-state index in [0.717, 1.165) is 11.1 Å². The summed E-state index contributed by atoms with van der Waals surface area (Å²) < 4.78 is 5.04. The van der Waals surface area contributed by atoms with Gasteiger partial charge in [0.05, 0.1) is 6.42 Å². The summed E-state index contributed by atoms with van der Waals surface area (Å²) in [5.74, 6) is -0.654. The predicted molar refractivity (Wildman–Crippen MR) is 90.2 cm³/mol. The van der Waals surface area contributed by atoms with E-state index < -0.39 is 0 Å². The van der Waals surface area contributed by atoms with E-state index in [1.54, 1.807) is 0 Å². The molecule has 0 aromatic heterocycles. The number of aryl methyl sites for hydroxylation is 1. The zero-order valence-corrected chi connectivity index (χ0v) is 13.4. The van der Waals surface area contributed by atoms with Gasteiger partial charge in [-0.3, -0.25) is 9.59 Å². The number of ether oxygens (including phenoxy) is 1. The summed E-state index contributed by atoms with van der Waals surface area (Å²) in [7, 11) is 0. The van der Waals surface area contributed by atoms with Crippen molar-refractivity contribution in [1.29, 1.82) is 0 Å². The summed E-state index contributed by atoms with van der Waals surface area (Å²) in [6, 6.07) is 17.2. The first-order valence-electron chi connectivity index (χ1n) is 7.61. The van der Waals surface area contributed by atoms with Gasteiger partial charge in [0.25, 0.3) is 5.91 Å². The molecule has 1 amide bonds. The molecule has 0 unspecified atom stereocenters. The van der Waals surface area contributed by atoms with Gasteiger partial charge in [0, 0.05) is 5.69 Å². The van der Waals surface area contributed by atoms with Crippen LogP contribution >= 0.6 is 0 Å². The molecule has 2 aromatic rings. The molecule has 4 heteroatoms. The van der Waals surface area contributed by atoms with Crippen LogP contribution in [0.25, 0.3) is 0 Å². The zero-order chi connectivity index (χ0) is 16.7. The van der Waals surface area contributed by atoms with Crippen molar-refractivity contribution in [1.82, 2.24) is 0 Å². The van der Waals surface area contributed by atoms with Crippen LogP contribution in [0.1, 0.15) is 30.4 Å². The molecule has 0 aliphatic heterocycles. The van der Waals surface area contributed by atoms with Gasteiger partial charge in [0.1, 0.15) is 0 Å². The molecule has 2 aromatic carbocycles. The number of amides is 1. The van der Waals surface area contributed by atoms with Gasteiger partial charge in [-0.05, 0) is 30.5 Å². The molecular weight excluding hydrogens is 290 g/mol. The Balaban J connectivity index is 1.75. The summed E-state index contributed by atoms with van der Waals surface area (Å²) in [5.41, 5.74) is 2.88. The molecule has 0 spiro atoms. The average molecular weight is 311 g/mol. The maximum atomic E-state index is 11.8. The maximum Gasteiger partial charge on any atom is 0.306 e. The second kappa shape index (κ2) is 8.13. The minimum absolute atomic E-state index is 0.0591. The Labute approximate surface area is 136 Å². The maximum absolute atomic E-state index is 11.8. The second-order valence-corrected chi connectivity index (χ2v) is 5.59. The molecule has 1 atom stereocenters. The largest absolute Gasteiger partial charge is 0.456 e. The number of carbonyl (C=O) groups excluding carboxylic acids is 2. The Morgan fingerprint density at radius 2 is 1.70 bits per heavy atom. The standard InChI is InChI=1S/C19H21NO3/c1-14-8-10-17(11-9-14)20-18(21)13-23-19(22)12-15(2)16-6-4-3-5-7-16/h3-11,15H,12-13H2,1-2H3,(H,20,21)/t15-/m1/s1. The van der Waals surface area contributed by atoms with E-state index in [2.05, 4.69) is 5.32 Å². The summed E-state index contributed by atoms with van der Waals surface area (Å²) in [6.45, 7) is 3.67. The zero-order valence-electron chi connectivity index (χ0n) is 13.4. The fourth-order valence-corrected chi connectivity index (χ4v) is 2.19. The molecule has 0 saturated carbocycles. The first kappa shape index (κ1) is 16.7. The van der Waals surface area contributed by atoms with Crippen LogP contribution in [-0.4, -0.2) is 18.5 Å². The summed E-state index contributed by atoms with van der Waals surface area (Å²) in [5, 5.41) is 2.69. The molecule has 4 nitrogen and oxygen atoms in total. The van der Waals surface area contributed by atoms with Crippen molar-refractivity contribution in [3.05, 3.63) is 65.7 Å². The van der Waals surface area contributed by atoms with Crippen LogP contribution < -0.4 is 5.32 Å². The van der Waals surface area contributed by atoms with Gasteiger partial charge in [-0.1, -0.05) is 55.0 Å². The van der Waals surface area contributed by atoms with Gasteiger partial charge in [-0.15, -0.1) is 0 Å². The number of benzene rings is 2. The Morgan fingerprint density at radius 3 is 2.35 bits per heavy atom. The van der Waals surface area contributed by atoms with Crippen LogP contribution in [0.2, 0.25) is 0 Å². The minimum Gasteiger partial charge on any atom is -0.456 e. The van der Waals surface area contributed by atoms with Crippen LogP contribution in [-0.2, 0) is 14.3 Å². The third-order valence-corrected chi connectivity index (χ3v) is 3.54. The molecule has 0 heterocycles. The summed E-state index contributed by atoms with van der Waals surface area (Å²) >= 11 is 0.